The highest BCUT2D eigenvalue weighted by atomic mass is 16.3. The maximum absolute atomic E-state index is 12.4. The van der Waals surface area contributed by atoms with E-state index < -0.39 is 0 Å². The largest absolute Gasteiger partial charge is 0.507 e. The first kappa shape index (κ1) is 36.3. The predicted molar refractivity (Wildman–Crippen MR) is 230 cm³/mol. The number of pyridine rings is 1. The molecule has 0 saturated heterocycles. The summed E-state index contributed by atoms with van der Waals surface area (Å²) >= 11 is 0. The van der Waals surface area contributed by atoms with Gasteiger partial charge in [0.1, 0.15) is 22.7 Å². The lowest BCUT2D eigenvalue weighted by Gasteiger charge is -2.28. The monoisotopic (exact) mass is 725 g/mol. The van der Waals surface area contributed by atoms with Gasteiger partial charge in [0.05, 0.1) is 28.0 Å². The summed E-state index contributed by atoms with van der Waals surface area (Å²) in [7, 11) is 0. The fourth-order valence-corrected chi connectivity index (χ4v) is 8.05. The Labute approximate surface area is 324 Å². The van der Waals surface area contributed by atoms with Crippen molar-refractivity contribution in [2.24, 2.45) is 0 Å². The Morgan fingerprint density at radius 1 is 0.655 bits per heavy atom. The molecule has 0 saturated carbocycles. The molecule has 1 N–H and O–H groups in total. The summed E-state index contributed by atoms with van der Waals surface area (Å²) in [5, 5.41) is 14.5. The Hall–Kier alpha value is -5.68. The number of para-hydroxylation sites is 3. The van der Waals surface area contributed by atoms with Crippen molar-refractivity contribution >= 4 is 33.0 Å². The van der Waals surface area contributed by atoms with Gasteiger partial charge in [0.2, 0.25) is 0 Å². The Balaban J connectivity index is 1.52. The molecule has 0 aliphatic rings. The van der Waals surface area contributed by atoms with Crippen LogP contribution in [0.2, 0.25) is 0 Å². The van der Waals surface area contributed by atoms with Gasteiger partial charge in [-0.15, -0.1) is 0 Å². The average Bonchev–Trinajstić information content (AvgIpc) is 3.72. The third kappa shape index (κ3) is 6.20. The molecule has 8 aromatic rings. The molecule has 0 amide bonds. The SMILES string of the molecule is CC(C)c1cccc(C(C)C)c1-n1c(-c2cc(C(C)(C)C)cc(C(C)(C)C)c2O)nc2c(-c3cc(-c4ccccn4)c4c(c3)oc3ccccc34)cccc21. The van der Waals surface area contributed by atoms with Crippen molar-refractivity contribution in [1.82, 2.24) is 14.5 Å². The number of furan rings is 1. The van der Waals surface area contributed by atoms with Gasteiger partial charge in [0.25, 0.3) is 0 Å². The van der Waals surface area contributed by atoms with Gasteiger partial charge in [-0.2, -0.15) is 0 Å². The van der Waals surface area contributed by atoms with Gasteiger partial charge in [-0.3, -0.25) is 9.55 Å². The number of phenols is 1. The van der Waals surface area contributed by atoms with Gasteiger partial charge in [-0.05, 0) is 87.4 Å². The first-order chi connectivity index (χ1) is 26.1. The third-order valence-corrected chi connectivity index (χ3v) is 11.0. The van der Waals surface area contributed by atoms with E-state index in [9.17, 15) is 5.11 Å². The number of rotatable bonds is 6. The maximum Gasteiger partial charge on any atom is 0.149 e. The molecule has 3 aromatic heterocycles. The Morgan fingerprint density at radius 2 is 1.35 bits per heavy atom. The number of hydrogen-bond acceptors (Lipinski definition) is 4. The number of fused-ring (bicyclic) bond motifs is 4. The van der Waals surface area contributed by atoms with E-state index in [-0.39, 0.29) is 28.4 Å². The standard InChI is InChI=1S/C50H51N3O2/c1-29(2)33-18-15-19-34(30(3)4)46(33)53-41-22-16-20-35(45(41)52-48(53)38-27-32(49(5,6)7)28-39(47(38)54)50(8,9)10)31-25-37(40-21-13-14-24-51-40)44-36-17-11-12-23-42(36)55-43(44)26-31/h11-30,54H,1-10H3. The summed E-state index contributed by atoms with van der Waals surface area (Å²) in [6.07, 6.45) is 1.84. The molecule has 0 aliphatic carbocycles. The summed E-state index contributed by atoms with van der Waals surface area (Å²) in [4.78, 5) is 10.4. The van der Waals surface area contributed by atoms with E-state index in [1.807, 2.05) is 30.5 Å². The number of imidazole rings is 1. The summed E-state index contributed by atoms with van der Waals surface area (Å²) in [6, 6.07) is 36.1. The number of phenolic OH excluding ortho intramolecular Hbond substituents is 1. The van der Waals surface area contributed by atoms with E-state index in [1.165, 1.54) is 11.1 Å². The summed E-state index contributed by atoms with van der Waals surface area (Å²) in [6.45, 7) is 22.2. The maximum atomic E-state index is 12.4. The Bertz CT molecular complexity index is 2710. The van der Waals surface area contributed by atoms with E-state index in [4.69, 9.17) is 14.4 Å². The van der Waals surface area contributed by atoms with Gasteiger partial charge in [-0.1, -0.05) is 130 Å². The second-order valence-corrected chi connectivity index (χ2v) is 17.7. The van der Waals surface area contributed by atoms with E-state index in [0.717, 1.165) is 83.6 Å². The second-order valence-electron chi connectivity index (χ2n) is 17.7. The summed E-state index contributed by atoms with van der Waals surface area (Å²) in [5.74, 6) is 1.49. The number of benzene rings is 5. The predicted octanol–water partition coefficient (Wildman–Crippen LogP) is 13.9. The molecule has 0 atom stereocenters. The minimum atomic E-state index is -0.301. The van der Waals surface area contributed by atoms with Crippen molar-refractivity contribution in [1.29, 1.82) is 0 Å². The molecule has 8 rings (SSSR count). The van der Waals surface area contributed by atoms with Crippen LogP contribution in [0, 0.1) is 0 Å². The lowest BCUT2D eigenvalue weighted by Crippen LogP contribution is -2.17. The van der Waals surface area contributed by atoms with Crippen LogP contribution in [0.3, 0.4) is 0 Å². The normalized spacial score (nSPS) is 12.6. The van der Waals surface area contributed by atoms with E-state index in [1.54, 1.807) is 0 Å². The van der Waals surface area contributed by atoms with Crippen LogP contribution in [0.4, 0.5) is 0 Å². The molecule has 278 valence electrons. The topological polar surface area (TPSA) is 64.1 Å². The van der Waals surface area contributed by atoms with Crippen molar-refractivity contribution in [3.8, 4) is 45.2 Å². The van der Waals surface area contributed by atoms with E-state index in [0.29, 0.717) is 0 Å². The lowest BCUT2D eigenvalue weighted by atomic mass is 9.79. The van der Waals surface area contributed by atoms with Crippen molar-refractivity contribution < 1.29 is 9.52 Å². The number of aromatic hydroxyl groups is 1. The van der Waals surface area contributed by atoms with Crippen LogP contribution in [0.15, 0.2) is 114 Å². The zero-order valence-electron chi connectivity index (χ0n) is 33.7. The molecule has 0 aliphatic heterocycles. The molecule has 0 spiro atoms. The lowest BCUT2D eigenvalue weighted by molar-refractivity contribution is 0.446. The van der Waals surface area contributed by atoms with Crippen LogP contribution in [-0.4, -0.2) is 19.6 Å². The highest BCUT2D eigenvalue weighted by molar-refractivity contribution is 6.14. The highest BCUT2D eigenvalue weighted by Crippen LogP contribution is 2.47. The zero-order chi connectivity index (χ0) is 39.0. The first-order valence-electron chi connectivity index (χ1n) is 19.5. The van der Waals surface area contributed by atoms with E-state index >= 15 is 0 Å². The molecule has 5 aromatic carbocycles. The summed E-state index contributed by atoms with van der Waals surface area (Å²) < 4.78 is 8.89. The van der Waals surface area contributed by atoms with Crippen LogP contribution in [0.25, 0.3) is 72.4 Å². The Morgan fingerprint density at radius 3 is 2.00 bits per heavy atom. The number of nitrogens with zero attached hydrogens (tertiary/aromatic N) is 3. The van der Waals surface area contributed by atoms with Crippen molar-refractivity contribution in [3.05, 3.63) is 132 Å². The molecule has 55 heavy (non-hydrogen) atoms. The van der Waals surface area contributed by atoms with Gasteiger partial charge >= 0.3 is 0 Å². The molecule has 0 unspecified atom stereocenters. The fraction of sp³-hybridized carbons (Fsp3) is 0.280. The van der Waals surface area contributed by atoms with Crippen LogP contribution in [0.1, 0.15) is 103 Å². The van der Waals surface area contributed by atoms with Gasteiger partial charge in [0, 0.05) is 33.7 Å². The molecule has 0 radical (unpaired) electrons. The minimum absolute atomic E-state index is 0.159. The van der Waals surface area contributed by atoms with Crippen molar-refractivity contribution in [2.45, 2.75) is 91.9 Å². The average molecular weight is 726 g/mol. The zero-order valence-corrected chi connectivity index (χ0v) is 33.7. The molecule has 3 heterocycles. The third-order valence-electron chi connectivity index (χ3n) is 11.0. The number of aromatic nitrogens is 3. The smallest absolute Gasteiger partial charge is 0.149 e. The first-order valence-corrected chi connectivity index (χ1v) is 19.5. The molecule has 5 heteroatoms. The van der Waals surface area contributed by atoms with E-state index in [2.05, 4.69) is 153 Å². The molecular formula is C50H51N3O2. The molecule has 0 bridgehead atoms. The molecule has 0 fully saturated rings. The van der Waals surface area contributed by atoms with Gasteiger partial charge in [0.15, 0.2) is 0 Å². The van der Waals surface area contributed by atoms with Gasteiger partial charge in [-0.25, -0.2) is 4.98 Å². The summed E-state index contributed by atoms with van der Waals surface area (Å²) in [5.41, 5.74) is 13.3. The molecular weight excluding hydrogens is 675 g/mol. The molecule has 5 nitrogen and oxygen atoms in total. The van der Waals surface area contributed by atoms with Crippen molar-refractivity contribution in [2.75, 3.05) is 0 Å². The van der Waals surface area contributed by atoms with Crippen LogP contribution >= 0.6 is 0 Å². The Kier molecular flexibility index (Phi) is 8.75. The van der Waals surface area contributed by atoms with Gasteiger partial charge < -0.3 is 9.52 Å². The second kappa shape index (κ2) is 13.3. The number of hydrogen-bond donors (Lipinski definition) is 1. The fourth-order valence-electron chi connectivity index (χ4n) is 8.05. The minimum Gasteiger partial charge on any atom is -0.507 e. The quantitative estimate of drug-likeness (QED) is 0.185. The van der Waals surface area contributed by atoms with Crippen LogP contribution in [0.5, 0.6) is 5.75 Å². The van der Waals surface area contributed by atoms with Crippen molar-refractivity contribution in [3.63, 3.8) is 0 Å². The van der Waals surface area contributed by atoms with Crippen LogP contribution < -0.4 is 0 Å². The van der Waals surface area contributed by atoms with Crippen LogP contribution in [-0.2, 0) is 10.8 Å². The highest BCUT2D eigenvalue weighted by Gasteiger charge is 2.30.